The fourth-order valence-electron chi connectivity index (χ4n) is 1.77. The van der Waals surface area contributed by atoms with Crippen LogP contribution in [0.1, 0.15) is 31.8 Å². The van der Waals surface area contributed by atoms with E-state index in [1.807, 2.05) is 0 Å². The maximum Gasteiger partial charge on any atom is 0.341 e. The number of hydrogen-bond donors (Lipinski definition) is 1. The highest BCUT2D eigenvalue weighted by Crippen LogP contribution is 2.18. The van der Waals surface area contributed by atoms with Crippen molar-refractivity contribution in [2.24, 2.45) is 10.2 Å². The van der Waals surface area contributed by atoms with Crippen LogP contribution < -0.4 is 0 Å². The molecule has 0 spiro atoms. The number of rotatable bonds is 5. The molecule has 0 aromatic heterocycles. The van der Waals surface area contributed by atoms with Crippen molar-refractivity contribution < 1.29 is 19.4 Å². The summed E-state index contributed by atoms with van der Waals surface area (Å²) >= 11 is 0. The minimum absolute atomic E-state index is 0.0601. The summed E-state index contributed by atoms with van der Waals surface area (Å²) in [4.78, 5) is 22.0. The Balaban J connectivity index is 2.09. The zero-order valence-corrected chi connectivity index (χ0v) is 12.3. The number of aldehydes is 1. The van der Waals surface area contributed by atoms with Gasteiger partial charge in [0.25, 0.3) is 0 Å². The first-order valence-electron chi connectivity index (χ1n) is 6.67. The van der Waals surface area contributed by atoms with Crippen molar-refractivity contribution in [3.05, 3.63) is 64.7 Å². The van der Waals surface area contributed by atoms with E-state index in [2.05, 4.69) is 14.9 Å². The van der Waals surface area contributed by atoms with Crippen LogP contribution in [0.2, 0.25) is 0 Å². The van der Waals surface area contributed by atoms with Gasteiger partial charge in [-0.3, -0.25) is 4.79 Å². The molecule has 6 heteroatoms. The Morgan fingerprint density at radius 2 is 1.57 bits per heavy atom. The number of nitrogens with zero attached hydrogens (tertiary/aromatic N) is 2. The number of carbonyl (C=O) groups excluding carboxylic acids is 2. The molecule has 0 aliphatic carbocycles. The van der Waals surface area contributed by atoms with Gasteiger partial charge in [-0.15, -0.1) is 0 Å². The van der Waals surface area contributed by atoms with Crippen LogP contribution in [0, 0.1) is 0 Å². The fourth-order valence-corrected chi connectivity index (χ4v) is 1.77. The maximum atomic E-state index is 11.5. The van der Waals surface area contributed by atoms with Crippen LogP contribution in [-0.4, -0.2) is 36.9 Å². The van der Waals surface area contributed by atoms with Crippen molar-refractivity contribution in [3.63, 3.8) is 0 Å². The summed E-state index contributed by atoms with van der Waals surface area (Å²) in [5, 5.41) is 17.4. The van der Waals surface area contributed by atoms with Gasteiger partial charge in [0.2, 0.25) is 0 Å². The molecule has 0 aliphatic rings. The standard InChI is InChI=1S/C17H14N2O4/c1-23-17(22)15-8-14(6-7-16(15)21)10-19-18-9-12-2-4-13(11-20)5-3-12/h2-11,21H,1H3/b18-9+,19-10+. The first-order chi connectivity index (χ1) is 11.1. The minimum atomic E-state index is -0.628. The van der Waals surface area contributed by atoms with Crippen LogP contribution in [0.4, 0.5) is 0 Å². The highest BCUT2D eigenvalue weighted by molar-refractivity contribution is 5.95. The van der Waals surface area contributed by atoms with Crippen LogP contribution in [-0.2, 0) is 4.74 Å². The summed E-state index contributed by atoms with van der Waals surface area (Å²) < 4.78 is 4.58. The average molecular weight is 310 g/mol. The Hall–Kier alpha value is -3.28. The summed E-state index contributed by atoms with van der Waals surface area (Å²) in [6.45, 7) is 0. The third-order valence-corrected chi connectivity index (χ3v) is 2.98. The van der Waals surface area contributed by atoms with Crippen LogP contribution in [0.15, 0.2) is 52.7 Å². The van der Waals surface area contributed by atoms with Gasteiger partial charge in [0.15, 0.2) is 0 Å². The number of ether oxygens (including phenoxy) is 1. The predicted octanol–water partition coefficient (Wildman–Crippen LogP) is 2.44. The maximum absolute atomic E-state index is 11.5. The van der Waals surface area contributed by atoms with Crippen LogP contribution in [0.3, 0.4) is 0 Å². The Bertz CT molecular complexity index is 765. The number of benzene rings is 2. The molecule has 2 aromatic rings. The SMILES string of the molecule is COC(=O)c1cc(/C=N/N=C/c2ccc(C=O)cc2)ccc1O. The summed E-state index contributed by atoms with van der Waals surface area (Å²) in [7, 11) is 1.24. The van der Waals surface area contributed by atoms with E-state index < -0.39 is 5.97 Å². The topological polar surface area (TPSA) is 88.3 Å². The molecule has 0 amide bonds. The second-order valence-corrected chi connectivity index (χ2v) is 4.54. The van der Waals surface area contributed by atoms with E-state index in [-0.39, 0.29) is 11.3 Å². The third-order valence-electron chi connectivity index (χ3n) is 2.98. The largest absolute Gasteiger partial charge is 0.507 e. The number of esters is 1. The number of hydrogen-bond acceptors (Lipinski definition) is 6. The molecule has 1 N–H and O–H groups in total. The summed E-state index contributed by atoms with van der Waals surface area (Å²) in [6, 6.07) is 11.3. The van der Waals surface area contributed by atoms with Crippen LogP contribution in [0.25, 0.3) is 0 Å². The zero-order chi connectivity index (χ0) is 16.7. The van der Waals surface area contributed by atoms with E-state index in [1.165, 1.54) is 31.7 Å². The van der Waals surface area contributed by atoms with E-state index >= 15 is 0 Å². The van der Waals surface area contributed by atoms with E-state index in [0.29, 0.717) is 11.1 Å². The molecule has 0 bridgehead atoms. The summed E-state index contributed by atoms with van der Waals surface area (Å²) in [5.74, 6) is -0.788. The second kappa shape index (κ2) is 7.65. The van der Waals surface area contributed by atoms with Gasteiger partial charge in [-0.2, -0.15) is 10.2 Å². The van der Waals surface area contributed by atoms with Gasteiger partial charge in [-0.05, 0) is 29.3 Å². The number of carbonyl (C=O) groups is 2. The van der Waals surface area contributed by atoms with Gasteiger partial charge < -0.3 is 9.84 Å². The van der Waals surface area contributed by atoms with Gasteiger partial charge in [0.05, 0.1) is 19.5 Å². The molecule has 0 radical (unpaired) electrons. The number of methoxy groups -OCH3 is 1. The lowest BCUT2D eigenvalue weighted by Crippen LogP contribution is -2.02. The van der Waals surface area contributed by atoms with E-state index in [4.69, 9.17) is 0 Å². The molecular formula is C17H14N2O4. The first-order valence-corrected chi connectivity index (χ1v) is 6.67. The van der Waals surface area contributed by atoms with E-state index in [1.54, 1.807) is 30.3 Å². The molecule has 6 nitrogen and oxygen atoms in total. The molecule has 0 fully saturated rings. The summed E-state index contributed by atoms with van der Waals surface area (Å²) in [6.07, 6.45) is 3.75. The second-order valence-electron chi connectivity index (χ2n) is 4.54. The summed E-state index contributed by atoms with van der Waals surface area (Å²) in [5.41, 5.74) is 2.04. The Morgan fingerprint density at radius 3 is 2.17 bits per heavy atom. The van der Waals surface area contributed by atoms with Crippen LogP contribution in [0.5, 0.6) is 5.75 Å². The molecule has 23 heavy (non-hydrogen) atoms. The van der Waals surface area contributed by atoms with Crippen molar-refractivity contribution in [1.29, 1.82) is 0 Å². The molecule has 0 saturated carbocycles. The molecule has 2 rings (SSSR count). The number of phenolic OH excluding ortho intramolecular Hbond substituents is 1. The Kier molecular flexibility index (Phi) is 5.35. The fraction of sp³-hybridized carbons (Fsp3) is 0.0588. The van der Waals surface area contributed by atoms with Gasteiger partial charge in [-0.1, -0.05) is 24.3 Å². The Labute approximate surface area is 132 Å². The molecule has 0 unspecified atom stereocenters. The lowest BCUT2D eigenvalue weighted by Gasteiger charge is -2.02. The number of phenols is 1. The molecule has 0 atom stereocenters. The molecule has 0 aliphatic heterocycles. The van der Waals surface area contributed by atoms with Gasteiger partial charge in [-0.25, -0.2) is 4.79 Å². The molecule has 2 aromatic carbocycles. The first kappa shape index (κ1) is 16.1. The minimum Gasteiger partial charge on any atom is -0.507 e. The average Bonchev–Trinajstić information content (AvgIpc) is 2.59. The lowest BCUT2D eigenvalue weighted by molar-refractivity contribution is 0.0597. The smallest absolute Gasteiger partial charge is 0.341 e. The predicted molar refractivity (Wildman–Crippen MR) is 86.5 cm³/mol. The Morgan fingerprint density at radius 1 is 1.00 bits per heavy atom. The van der Waals surface area contributed by atoms with Crippen molar-refractivity contribution >= 4 is 24.7 Å². The highest BCUT2D eigenvalue weighted by Gasteiger charge is 2.11. The van der Waals surface area contributed by atoms with Crippen molar-refractivity contribution in [2.75, 3.05) is 7.11 Å². The zero-order valence-electron chi connectivity index (χ0n) is 12.3. The van der Waals surface area contributed by atoms with Crippen molar-refractivity contribution in [1.82, 2.24) is 0 Å². The quantitative estimate of drug-likeness (QED) is 0.397. The van der Waals surface area contributed by atoms with E-state index in [0.717, 1.165) is 11.8 Å². The van der Waals surface area contributed by atoms with Crippen molar-refractivity contribution in [2.45, 2.75) is 0 Å². The third kappa shape index (κ3) is 4.34. The monoisotopic (exact) mass is 310 g/mol. The molecule has 0 saturated heterocycles. The number of aromatic hydroxyl groups is 1. The van der Waals surface area contributed by atoms with E-state index in [9.17, 15) is 14.7 Å². The lowest BCUT2D eigenvalue weighted by atomic mass is 10.1. The molecule has 0 heterocycles. The van der Waals surface area contributed by atoms with Crippen molar-refractivity contribution in [3.8, 4) is 5.75 Å². The normalized spacial score (nSPS) is 11.0. The van der Waals surface area contributed by atoms with Crippen LogP contribution >= 0.6 is 0 Å². The van der Waals surface area contributed by atoms with Gasteiger partial charge >= 0.3 is 5.97 Å². The van der Waals surface area contributed by atoms with Gasteiger partial charge in [0.1, 0.15) is 17.6 Å². The molecule has 116 valence electrons. The highest BCUT2D eigenvalue weighted by atomic mass is 16.5. The molecular weight excluding hydrogens is 296 g/mol. The van der Waals surface area contributed by atoms with Gasteiger partial charge in [0, 0.05) is 5.56 Å².